The van der Waals surface area contributed by atoms with Gasteiger partial charge in [-0.3, -0.25) is 10.1 Å². The highest BCUT2D eigenvalue weighted by molar-refractivity contribution is 5.89. The van der Waals surface area contributed by atoms with Crippen molar-refractivity contribution in [1.29, 1.82) is 5.26 Å². The molecule has 5 nitrogen and oxygen atoms in total. The number of para-hydroxylation sites is 1. The highest BCUT2D eigenvalue weighted by atomic mass is 16.6. The molecule has 1 amide bonds. The molecule has 25 heavy (non-hydrogen) atoms. The standard InChI is InChI=1S/C20H26N2O3/c1-19(2,3)25-18(24)22-16-10-7-6-9-15(16)13-20(14-21)12-8-4-5-11-17(20)23/h6-7,9-10H,4-5,8,11-13H2,1-3H3,(H,22,24)/t20-/m0/s1. The van der Waals surface area contributed by atoms with Gasteiger partial charge in [-0.1, -0.05) is 31.0 Å². The van der Waals surface area contributed by atoms with Crippen LogP contribution in [0.3, 0.4) is 0 Å². The second kappa shape index (κ2) is 7.69. The second-order valence-electron chi connectivity index (χ2n) is 7.64. The zero-order valence-corrected chi connectivity index (χ0v) is 15.2. The summed E-state index contributed by atoms with van der Waals surface area (Å²) in [4.78, 5) is 24.6. The van der Waals surface area contributed by atoms with E-state index < -0.39 is 17.1 Å². The van der Waals surface area contributed by atoms with E-state index in [0.29, 0.717) is 24.9 Å². The van der Waals surface area contributed by atoms with Crippen LogP contribution in [0.5, 0.6) is 0 Å². The minimum atomic E-state index is -0.998. The Kier molecular flexibility index (Phi) is 5.84. The van der Waals surface area contributed by atoms with Gasteiger partial charge in [-0.15, -0.1) is 0 Å². The summed E-state index contributed by atoms with van der Waals surface area (Å²) in [6.07, 6.45) is 3.50. The third kappa shape index (κ3) is 5.06. The molecule has 5 heteroatoms. The molecule has 1 aliphatic carbocycles. The van der Waals surface area contributed by atoms with E-state index in [1.165, 1.54) is 0 Å². The van der Waals surface area contributed by atoms with Gasteiger partial charge >= 0.3 is 6.09 Å². The van der Waals surface area contributed by atoms with E-state index in [9.17, 15) is 14.9 Å². The lowest BCUT2D eigenvalue weighted by molar-refractivity contribution is -0.125. The van der Waals surface area contributed by atoms with Crippen LogP contribution < -0.4 is 5.32 Å². The summed E-state index contributed by atoms with van der Waals surface area (Å²) in [7, 11) is 0. The highest BCUT2D eigenvalue weighted by Gasteiger charge is 2.39. The number of carbonyl (C=O) groups excluding carboxylic acids is 2. The predicted molar refractivity (Wildman–Crippen MR) is 96.1 cm³/mol. The minimum absolute atomic E-state index is 0.0135. The number of benzene rings is 1. The Balaban J connectivity index is 2.23. The lowest BCUT2D eigenvalue weighted by Crippen LogP contribution is -2.32. The van der Waals surface area contributed by atoms with E-state index in [-0.39, 0.29) is 5.78 Å². The molecule has 1 aromatic carbocycles. The van der Waals surface area contributed by atoms with E-state index >= 15 is 0 Å². The number of anilines is 1. The number of nitrogens with zero attached hydrogens (tertiary/aromatic N) is 1. The van der Waals surface area contributed by atoms with Crippen molar-refractivity contribution >= 4 is 17.6 Å². The molecule has 1 atom stereocenters. The Morgan fingerprint density at radius 3 is 2.68 bits per heavy atom. The quantitative estimate of drug-likeness (QED) is 0.813. The second-order valence-corrected chi connectivity index (χ2v) is 7.64. The van der Waals surface area contributed by atoms with Crippen molar-refractivity contribution in [1.82, 2.24) is 0 Å². The van der Waals surface area contributed by atoms with Crippen LogP contribution in [0.25, 0.3) is 0 Å². The molecule has 2 rings (SSSR count). The normalized spacial score (nSPS) is 21.1. The van der Waals surface area contributed by atoms with Gasteiger partial charge in [-0.05, 0) is 45.2 Å². The number of ketones is 1. The monoisotopic (exact) mass is 342 g/mol. The van der Waals surface area contributed by atoms with E-state index in [0.717, 1.165) is 24.8 Å². The van der Waals surface area contributed by atoms with Gasteiger partial charge in [-0.25, -0.2) is 4.79 Å². The maximum absolute atomic E-state index is 12.6. The van der Waals surface area contributed by atoms with Crippen LogP contribution in [0.1, 0.15) is 58.4 Å². The Bertz CT molecular complexity index is 685. The van der Waals surface area contributed by atoms with Gasteiger partial charge in [0.25, 0.3) is 0 Å². The summed E-state index contributed by atoms with van der Waals surface area (Å²) in [5, 5.41) is 12.5. The molecule has 134 valence electrons. The van der Waals surface area contributed by atoms with Crippen molar-refractivity contribution in [2.45, 2.75) is 64.9 Å². The number of nitrogens with one attached hydrogen (secondary N) is 1. The fourth-order valence-electron chi connectivity index (χ4n) is 3.15. The molecule has 1 aliphatic rings. The smallest absolute Gasteiger partial charge is 0.412 e. The van der Waals surface area contributed by atoms with Crippen molar-refractivity contribution in [3.63, 3.8) is 0 Å². The zero-order valence-electron chi connectivity index (χ0n) is 15.2. The van der Waals surface area contributed by atoms with E-state index in [1.54, 1.807) is 26.8 Å². The van der Waals surface area contributed by atoms with Crippen molar-refractivity contribution in [2.75, 3.05) is 5.32 Å². The van der Waals surface area contributed by atoms with Gasteiger partial charge in [0.05, 0.1) is 6.07 Å². The molecular formula is C20H26N2O3. The molecule has 0 bridgehead atoms. The van der Waals surface area contributed by atoms with E-state index in [1.807, 2.05) is 18.2 Å². The largest absolute Gasteiger partial charge is 0.444 e. The first-order valence-electron chi connectivity index (χ1n) is 8.78. The maximum Gasteiger partial charge on any atom is 0.412 e. The lowest BCUT2D eigenvalue weighted by Gasteiger charge is -2.25. The van der Waals surface area contributed by atoms with Crippen molar-refractivity contribution in [3.8, 4) is 6.07 Å². The zero-order chi connectivity index (χ0) is 18.5. The Labute approximate surface area is 149 Å². The molecule has 0 unspecified atom stereocenters. The van der Waals surface area contributed by atoms with E-state index in [4.69, 9.17) is 4.74 Å². The van der Waals surface area contributed by atoms with Gasteiger partial charge in [0.2, 0.25) is 0 Å². The Morgan fingerprint density at radius 2 is 2.00 bits per heavy atom. The van der Waals surface area contributed by atoms with Gasteiger partial charge in [0, 0.05) is 18.5 Å². The van der Waals surface area contributed by atoms with Crippen molar-refractivity contribution in [2.24, 2.45) is 5.41 Å². The van der Waals surface area contributed by atoms with Crippen LogP contribution in [0.15, 0.2) is 24.3 Å². The van der Waals surface area contributed by atoms with Crippen molar-refractivity contribution in [3.05, 3.63) is 29.8 Å². The summed E-state index contributed by atoms with van der Waals surface area (Å²) in [5.74, 6) is 0.0135. The van der Waals surface area contributed by atoms with Gasteiger partial charge in [0.15, 0.2) is 5.78 Å². The Morgan fingerprint density at radius 1 is 1.28 bits per heavy atom. The molecule has 0 aliphatic heterocycles. The molecule has 1 N–H and O–H groups in total. The first kappa shape index (κ1) is 19.0. The van der Waals surface area contributed by atoms with Gasteiger partial charge in [0.1, 0.15) is 11.0 Å². The molecule has 1 fully saturated rings. The number of hydrogen-bond acceptors (Lipinski definition) is 4. The summed E-state index contributed by atoms with van der Waals surface area (Å²) < 4.78 is 5.30. The SMILES string of the molecule is CC(C)(C)OC(=O)Nc1ccccc1C[C@]1(C#N)CCCCCC1=O. The van der Waals surface area contributed by atoms with Crippen molar-refractivity contribution < 1.29 is 14.3 Å². The topological polar surface area (TPSA) is 79.2 Å². The number of ether oxygens (including phenoxy) is 1. The van der Waals surface area contributed by atoms with Crippen LogP contribution >= 0.6 is 0 Å². The van der Waals surface area contributed by atoms with Crippen LogP contribution in [-0.2, 0) is 16.0 Å². The number of amides is 1. The number of hydrogen-bond donors (Lipinski definition) is 1. The molecule has 1 aromatic rings. The molecular weight excluding hydrogens is 316 g/mol. The lowest BCUT2D eigenvalue weighted by atomic mass is 9.75. The summed E-state index contributed by atoms with van der Waals surface area (Å²) in [6, 6.07) is 9.56. The average Bonchev–Trinajstić information content (AvgIpc) is 2.70. The fourth-order valence-corrected chi connectivity index (χ4v) is 3.15. The molecule has 0 spiro atoms. The Hall–Kier alpha value is -2.35. The maximum atomic E-state index is 12.6. The number of rotatable bonds is 3. The molecule has 0 saturated heterocycles. The molecule has 0 aromatic heterocycles. The number of nitriles is 1. The molecule has 0 heterocycles. The highest BCUT2D eigenvalue weighted by Crippen LogP contribution is 2.36. The first-order chi connectivity index (χ1) is 11.8. The molecule has 0 radical (unpaired) electrons. The summed E-state index contributed by atoms with van der Waals surface area (Å²) >= 11 is 0. The molecule has 1 saturated carbocycles. The number of Topliss-reactive ketones (excluding diaryl/α,β-unsaturated/α-hetero) is 1. The van der Waals surface area contributed by atoms with Crippen LogP contribution in [0, 0.1) is 16.7 Å². The van der Waals surface area contributed by atoms with Crippen LogP contribution in [-0.4, -0.2) is 17.5 Å². The van der Waals surface area contributed by atoms with Crippen LogP contribution in [0.4, 0.5) is 10.5 Å². The third-order valence-corrected chi connectivity index (χ3v) is 4.40. The van der Waals surface area contributed by atoms with E-state index in [2.05, 4.69) is 11.4 Å². The first-order valence-corrected chi connectivity index (χ1v) is 8.78. The number of carbonyl (C=O) groups is 2. The third-order valence-electron chi connectivity index (χ3n) is 4.40. The van der Waals surface area contributed by atoms with Gasteiger partial charge in [-0.2, -0.15) is 5.26 Å². The predicted octanol–water partition coefficient (Wildman–Crippen LogP) is 4.62. The van der Waals surface area contributed by atoms with Gasteiger partial charge < -0.3 is 4.74 Å². The summed E-state index contributed by atoms with van der Waals surface area (Å²) in [6.45, 7) is 5.40. The minimum Gasteiger partial charge on any atom is -0.444 e. The summed E-state index contributed by atoms with van der Waals surface area (Å²) in [5.41, 5.74) is -0.222. The average molecular weight is 342 g/mol. The fraction of sp³-hybridized carbons (Fsp3) is 0.550. The van der Waals surface area contributed by atoms with Crippen LogP contribution in [0.2, 0.25) is 0 Å².